The number of ether oxygens (including phenoxy) is 1. The summed E-state index contributed by atoms with van der Waals surface area (Å²) in [7, 11) is -2.29. The number of nitrogens with zero attached hydrogens (tertiary/aromatic N) is 1. The molecule has 1 amide bonds. The lowest BCUT2D eigenvalue weighted by atomic mass is 10.2. The molecule has 2 aromatic carbocycles. The number of anilines is 1. The largest absolute Gasteiger partial charge is 0.495 e. The van der Waals surface area contributed by atoms with Crippen molar-refractivity contribution >= 4 is 21.6 Å². The Labute approximate surface area is 152 Å². The molecule has 0 saturated heterocycles. The Morgan fingerprint density at radius 3 is 2.42 bits per heavy atom. The molecule has 2 aromatic rings. The molecule has 0 aliphatic heterocycles. The van der Waals surface area contributed by atoms with E-state index in [0.717, 1.165) is 17.7 Å². The van der Waals surface area contributed by atoms with Gasteiger partial charge in [-0.05, 0) is 48.9 Å². The minimum absolute atomic E-state index is 0.00359. The van der Waals surface area contributed by atoms with Gasteiger partial charge in [0.1, 0.15) is 11.6 Å². The van der Waals surface area contributed by atoms with Crippen LogP contribution in [0.15, 0.2) is 47.4 Å². The minimum Gasteiger partial charge on any atom is -0.495 e. The molecule has 0 saturated carbocycles. The molecule has 0 bridgehead atoms. The molecule has 8 heteroatoms. The number of rotatable bonds is 7. The van der Waals surface area contributed by atoms with E-state index in [1.54, 1.807) is 12.1 Å². The van der Waals surface area contributed by atoms with Gasteiger partial charge in [-0.3, -0.25) is 4.79 Å². The molecule has 0 unspecified atom stereocenters. The number of benzene rings is 2. The molecule has 2 rings (SSSR count). The summed E-state index contributed by atoms with van der Waals surface area (Å²) >= 11 is 0. The fourth-order valence-corrected chi connectivity index (χ4v) is 3.47. The molecule has 0 heterocycles. The SMILES string of the molecule is COc1ccc(C)cc1N(CCNS(=O)(=O)c1ccc(F)cc1)C(C)=O. The summed E-state index contributed by atoms with van der Waals surface area (Å²) in [6, 6.07) is 9.94. The molecule has 0 aliphatic rings. The number of methoxy groups -OCH3 is 1. The first kappa shape index (κ1) is 19.9. The lowest BCUT2D eigenvalue weighted by molar-refractivity contribution is -0.116. The van der Waals surface area contributed by atoms with E-state index in [-0.39, 0.29) is 23.9 Å². The Hall–Kier alpha value is -2.45. The van der Waals surface area contributed by atoms with Gasteiger partial charge in [0, 0.05) is 20.0 Å². The second-order valence-electron chi connectivity index (χ2n) is 5.70. The lowest BCUT2D eigenvalue weighted by Crippen LogP contribution is -2.37. The van der Waals surface area contributed by atoms with E-state index >= 15 is 0 Å². The van der Waals surface area contributed by atoms with Crippen molar-refractivity contribution < 1.29 is 22.3 Å². The van der Waals surface area contributed by atoms with Gasteiger partial charge in [0.05, 0.1) is 17.7 Å². The number of amides is 1. The third kappa shape index (κ3) is 4.80. The number of sulfonamides is 1. The monoisotopic (exact) mass is 380 g/mol. The second-order valence-corrected chi connectivity index (χ2v) is 7.46. The van der Waals surface area contributed by atoms with Crippen molar-refractivity contribution in [2.24, 2.45) is 0 Å². The normalized spacial score (nSPS) is 11.2. The lowest BCUT2D eigenvalue weighted by Gasteiger charge is -2.24. The maximum absolute atomic E-state index is 12.9. The summed E-state index contributed by atoms with van der Waals surface area (Å²) in [5.74, 6) is -0.236. The van der Waals surface area contributed by atoms with Crippen molar-refractivity contribution in [2.75, 3.05) is 25.1 Å². The second kappa shape index (κ2) is 8.29. The molecule has 1 N–H and O–H groups in total. The first-order chi connectivity index (χ1) is 12.2. The average molecular weight is 380 g/mol. The third-order valence-corrected chi connectivity index (χ3v) is 5.23. The predicted molar refractivity (Wildman–Crippen MR) is 97.3 cm³/mol. The van der Waals surface area contributed by atoms with Crippen molar-refractivity contribution in [2.45, 2.75) is 18.7 Å². The Morgan fingerprint density at radius 1 is 1.19 bits per heavy atom. The van der Waals surface area contributed by atoms with Gasteiger partial charge in [-0.2, -0.15) is 0 Å². The van der Waals surface area contributed by atoms with Gasteiger partial charge in [0.2, 0.25) is 15.9 Å². The topological polar surface area (TPSA) is 75.7 Å². The minimum atomic E-state index is -3.79. The van der Waals surface area contributed by atoms with Crippen molar-refractivity contribution in [3.05, 3.63) is 53.8 Å². The number of carbonyl (C=O) groups excluding carboxylic acids is 1. The molecule has 140 valence electrons. The molecule has 0 aliphatic carbocycles. The molecule has 6 nitrogen and oxygen atoms in total. The van der Waals surface area contributed by atoms with Crippen LogP contribution in [0.1, 0.15) is 12.5 Å². The number of hydrogen-bond acceptors (Lipinski definition) is 4. The fraction of sp³-hybridized carbons (Fsp3) is 0.278. The fourth-order valence-electron chi connectivity index (χ4n) is 2.45. The van der Waals surface area contributed by atoms with Gasteiger partial charge in [-0.1, -0.05) is 6.07 Å². The van der Waals surface area contributed by atoms with Crippen LogP contribution in [0.4, 0.5) is 10.1 Å². The van der Waals surface area contributed by atoms with Crippen LogP contribution in [0.5, 0.6) is 5.75 Å². The van der Waals surface area contributed by atoms with Crippen molar-refractivity contribution in [3.63, 3.8) is 0 Å². The first-order valence-corrected chi connectivity index (χ1v) is 9.41. The van der Waals surface area contributed by atoms with Crippen LogP contribution in [0.2, 0.25) is 0 Å². The zero-order chi connectivity index (χ0) is 19.3. The smallest absolute Gasteiger partial charge is 0.240 e. The molecule has 0 atom stereocenters. The zero-order valence-corrected chi connectivity index (χ0v) is 15.6. The first-order valence-electron chi connectivity index (χ1n) is 7.92. The third-order valence-electron chi connectivity index (χ3n) is 3.76. The quantitative estimate of drug-likeness (QED) is 0.801. The standard InChI is InChI=1S/C18H21FN2O4S/c1-13-4-9-18(25-3)17(12-13)21(14(2)22)11-10-20-26(23,24)16-7-5-15(19)6-8-16/h4-9,12,20H,10-11H2,1-3H3. The number of carbonyl (C=O) groups is 1. The van der Waals surface area contributed by atoms with Crippen LogP contribution < -0.4 is 14.4 Å². The van der Waals surface area contributed by atoms with Crippen LogP contribution in [-0.2, 0) is 14.8 Å². The highest BCUT2D eigenvalue weighted by molar-refractivity contribution is 7.89. The van der Waals surface area contributed by atoms with E-state index in [2.05, 4.69) is 4.72 Å². The van der Waals surface area contributed by atoms with Crippen molar-refractivity contribution in [1.82, 2.24) is 4.72 Å². The maximum atomic E-state index is 12.9. The van der Waals surface area contributed by atoms with Gasteiger partial charge in [0.25, 0.3) is 0 Å². The average Bonchev–Trinajstić information content (AvgIpc) is 2.58. The number of hydrogen-bond donors (Lipinski definition) is 1. The molecule has 0 fully saturated rings. The van der Waals surface area contributed by atoms with E-state index in [1.807, 2.05) is 13.0 Å². The van der Waals surface area contributed by atoms with E-state index < -0.39 is 15.8 Å². The van der Waals surface area contributed by atoms with E-state index in [4.69, 9.17) is 4.74 Å². The van der Waals surface area contributed by atoms with Crippen molar-refractivity contribution in [1.29, 1.82) is 0 Å². The highest BCUT2D eigenvalue weighted by Crippen LogP contribution is 2.29. The summed E-state index contributed by atoms with van der Waals surface area (Å²) in [5.41, 5.74) is 1.51. The Kier molecular flexibility index (Phi) is 6.33. The van der Waals surface area contributed by atoms with Crippen LogP contribution in [0.25, 0.3) is 0 Å². The van der Waals surface area contributed by atoms with Crippen molar-refractivity contribution in [3.8, 4) is 5.75 Å². The number of halogens is 1. The highest BCUT2D eigenvalue weighted by atomic mass is 32.2. The van der Waals surface area contributed by atoms with Crippen LogP contribution >= 0.6 is 0 Å². The summed E-state index contributed by atoms with van der Waals surface area (Å²) in [6.45, 7) is 3.40. The summed E-state index contributed by atoms with van der Waals surface area (Å²) in [4.78, 5) is 13.4. The number of nitrogens with one attached hydrogen (secondary N) is 1. The molecular weight excluding hydrogens is 359 g/mol. The Bertz CT molecular complexity index is 883. The Balaban J connectivity index is 2.14. The summed E-state index contributed by atoms with van der Waals surface area (Å²) < 4.78 is 45.1. The van der Waals surface area contributed by atoms with Gasteiger partial charge in [-0.25, -0.2) is 17.5 Å². The maximum Gasteiger partial charge on any atom is 0.240 e. The van der Waals surface area contributed by atoms with Gasteiger partial charge >= 0.3 is 0 Å². The summed E-state index contributed by atoms with van der Waals surface area (Å²) in [5, 5.41) is 0. The molecule has 0 spiro atoms. The van der Waals surface area contributed by atoms with E-state index in [1.165, 1.54) is 31.1 Å². The van der Waals surface area contributed by atoms with Gasteiger partial charge in [-0.15, -0.1) is 0 Å². The van der Waals surface area contributed by atoms with Crippen LogP contribution in [0.3, 0.4) is 0 Å². The highest BCUT2D eigenvalue weighted by Gasteiger charge is 2.18. The molecular formula is C18H21FN2O4S. The molecule has 0 radical (unpaired) electrons. The van der Waals surface area contributed by atoms with Crippen LogP contribution in [-0.4, -0.2) is 34.5 Å². The molecule has 0 aromatic heterocycles. The number of aryl methyl sites for hydroxylation is 1. The van der Waals surface area contributed by atoms with E-state index in [0.29, 0.717) is 11.4 Å². The zero-order valence-electron chi connectivity index (χ0n) is 14.8. The van der Waals surface area contributed by atoms with Gasteiger partial charge < -0.3 is 9.64 Å². The summed E-state index contributed by atoms with van der Waals surface area (Å²) in [6.07, 6.45) is 0. The predicted octanol–water partition coefficient (Wildman–Crippen LogP) is 2.47. The van der Waals surface area contributed by atoms with Gasteiger partial charge in [0.15, 0.2) is 0 Å². The van der Waals surface area contributed by atoms with Crippen LogP contribution in [0, 0.1) is 12.7 Å². The van der Waals surface area contributed by atoms with E-state index in [9.17, 15) is 17.6 Å². The Morgan fingerprint density at radius 2 is 1.85 bits per heavy atom. The molecule has 26 heavy (non-hydrogen) atoms.